The molecule has 56 heavy (non-hydrogen) atoms. The zero-order valence-electron chi connectivity index (χ0n) is 34.6. The van der Waals surface area contributed by atoms with E-state index in [1.165, 1.54) is 16.3 Å². The summed E-state index contributed by atoms with van der Waals surface area (Å²) in [7, 11) is -1.34. The number of para-hydroxylation sites is 2. The standard InChI is InChI=1S/C31H28N3O.C18H24NSi.Ir/c1-18-11-16-23(28-27(18)24-17-19(2)20(3)32-30(24)35-28)29-33-25-9-7-8-10-26(25)34(29)22-14-12-21(13-15-22)31(4,5)6;1-14(2)11-16-12-17(15-9-7-6-8-10-15)19-13-18(16)20(3,4)5;/h7-15,17H,1-6H3;6-9,12-14H,11H2,1-5H3;/q2*-1;. The van der Waals surface area contributed by atoms with Gasteiger partial charge < -0.3 is 14.0 Å². The molecule has 8 rings (SSSR count). The van der Waals surface area contributed by atoms with Crippen LogP contribution in [-0.2, 0) is 31.9 Å². The average Bonchev–Trinajstić information content (AvgIpc) is 3.71. The molecule has 289 valence electrons. The number of aromatic nitrogens is 4. The molecule has 4 aromatic heterocycles. The Bertz CT molecular complexity index is 2640. The topological polar surface area (TPSA) is 56.7 Å². The van der Waals surface area contributed by atoms with Crippen LogP contribution in [0, 0.1) is 38.8 Å². The van der Waals surface area contributed by atoms with Gasteiger partial charge in [0.05, 0.1) is 30.5 Å². The van der Waals surface area contributed by atoms with Crippen molar-refractivity contribution in [3.63, 3.8) is 0 Å². The molecule has 0 amide bonds. The van der Waals surface area contributed by atoms with E-state index < -0.39 is 8.07 Å². The van der Waals surface area contributed by atoms with Crippen molar-refractivity contribution in [2.45, 2.75) is 86.9 Å². The maximum atomic E-state index is 6.41. The number of benzene rings is 4. The Kier molecular flexibility index (Phi) is 11.7. The van der Waals surface area contributed by atoms with E-state index in [-0.39, 0.29) is 25.5 Å². The van der Waals surface area contributed by atoms with Gasteiger partial charge in [-0.25, -0.2) is 4.98 Å². The minimum absolute atomic E-state index is 0. The molecule has 0 bridgehead atoms. The number of hydrogen-bond acceptors (Lipinski definition) is 4. The summed E-state index contributed by atoms with van der Waals surface area (Å²) in [6.45, 7) is 24.6. The first kappa shape index (κ1) is 41.0. The van der Waals surface area contributed by atoms with Gasteiger partial charge in [-0.1, -0.05) is 108 Å². The molecule has 0 saturated heterocycles. The number of imidazole rings is 1. The molecular formula is C49H52IrN4OSi-2. The smallest absolute Gasteiger partial charge is 0.216 e. The average molecular weight is 933 g/mol. The summed E-state index contributed by atoms with van der Waals surface area (Å²) in [5.74, 6) is 1.48. The first-order valence-corrected chi connectivity index (χ1v) is 22.9. The third-order valence-corrected chi connectivity index (χ3v) is 12.4. The van der Waals surface area contributed by atoms with Crippen LogP contribution in [0.25, 0.3) is 61.4 Å². The molecule has 0 unspecified atom stereocenters. The summed E-state index contributed by atoms with van der Waals surface area (Å²) in [6.07, 6.45) is 3.24. The summed E-state index contributed by atoms with van der Waals surface area (Å²) < 4.78 is 8.62. The molecule has 1 radical (unpaired) electrons. The molecule has 0 spiro atoms. The SMILES string of the molecule is CC(C)Cc1cc(-c2[c-]cccc2)ncc1[Si](C)(C)C.Cc1cc2c(nc1C)oc1c(-c3nc4ccccc4n3-c3ccc(C(C)(C)C)cc3)[c-]cc(C)c12.[Ir]. The van der Waals surface area contributed by atoms with Gasteiger partial charge in [0, 0.05) is 43.1 Å². The first-order valence-electron chi connectivity index (χ1n) is 19.4. The summed E-state index contributed by atoms with van der Waals surface area (Å²) >= 11 is 0. The van der Waals surface area contributed by atoms with Crippen molar-refractivity contribution >= 4 is 46.4 Å². The van der Waals surface area contributed by atoms with Crippen LogP contribution in [0.5, 0.6) is 0 Å². The monoisotopic (exact) mass is 933 g/mol. The second-order valence-electron chi connectivity index (χ2n) is 17.3. The maximum absolute atomic E-state index is 6.41. The molecule has 7 heteroatoms. The van der Waals surface area contributed by atoms with E-state index in [0.29, 0.717) is 11.6 Å². The van der Waals surface area contributed by atoms with Crippen LogP contribution in [0.15, 0.2) is 102 Å². The summed E-state index contributed by atoms with van der Waals surface area (Å²) in [5, 5.41) is 3.60. The van der Waals surface area contributed by atoms with Crippen LogP contribution in [0.3, 0.4) is 0 Å². The van der Waals surface area contributed by atoms with Crippen LogP contribution in [0.2, 0.25) is 19.6 Å². The third kappa shape index (κ3) is 8.22. The minimum atomic E-state index is -1.34. The maximum Gasteiger partial charge on any atom is 0.216 e. The molecule has 0 aliphatic carbocycles. The van der Waals surface area contributed by atoms with Crippen molar-refractivity contribution in [2.75, 3.05) is 0 Å². The van der Waals surface area contributed by atoms with Gasteiger partial charge in [-0.3, -0.25) is 4.98 Å². The number of furan rings is 1. The number of nitrogens with zero attached hydrogens (tertiary/aromatic N) is 4. The second kappa shape index (κ2) is 16.1. The summed E-state index contributed by atoms with van der Waals surface area (Å²) in [5.41, 5.74) is 13.6. The molecule has 0 atom stereocenters. The zero-order valence-corrected chi connectivity index (χ0v) is 37.9. The Hall–Kier alpha value is -4.68. The van der Waals surface area contributed by atoms with Gasteiger partial charge in [0.2, 0.25) is 5.71 Å². The van der Waals surface area contributed by atoms with E-state index in [1.54, 1.807) is 0 Å². The van der Waals surface area contributed by atoms with Crippen molar-refractivity contribution in [3.8, 4) is 28.3 Å². The number of fused-ring (bicyclic) bond motifs is 4. The fourth-order valence-electron chi connectivity index (χ4n) is 7.31. The van der Waals surface area contributed by atoms with Crippen LogP contribution >= 0.6 is 0 Å². The molecule has 4 heterocycles. The Morgan fingerprint density at radius 2 is 1.55 bits per heavy atom. The molecule has 0 N–H and O–H groups in total. The molecule has 0 aliphatic heterocycles. The number of rotatable bonds is 6. The van der Waals surface area contributed by atoms with E-state index >= 15 is 0 Å². The van der Waals surface area contributed by atoms with Crippen LogP contribution in [0.4, 0.5) is 0 Å². The normalized spacial score (nSPS) is 11.9. The Labute approximate surface area is 347 Å². The van der Waals surface area contributed by atoms with Crippen molar-refractivity contribution in [1.29, 1.82) is 0 Å². The fraction of sp³-hybridized carbons (Fsp3) is 0.286. The van der Waals surface area contributed by atoms with Gasteiger partial charge >= 0.3 is 0 Å². The number of aryl methyl sites for hydroxylation is 3. The van der Waals surface area contributed by atoms with E-state index in [0.717, 1.165) is 79.0 Å². The molecule has 0 saturated carbocycles. The predicted octanol–water partition coefficient (Wildman–Crippen LogP) is 12.3. The molecular weight excluding hydrogens is 881 g/mol. The van der Waals surface area contributed by atoms with Gasteiger partial charge in [-0.15, -0.1) is 53.6 Å². The van der Waals surface area contributed by atoms with Crippen molar-refractivity contribution in [2.24, 2.45) is 5.92 Å². The second-order valence-corrected chi connectivity index (χ2v) is 22.3. The third-order valence-electron chi connectivity index (χ3n) is 10.4. The van der Waals surface area contributed by atoms with Crippen LogP contribution < -0.4 is 5.19 Å². The van der Waals surface area contributed by atoms with Crippen LogP contribution in [0.1, 0.15) is 62.6 Å². The quantitative estimate of drug-likeness (QED) is 0.123. The van der Waals surface area contributed by atoms with Crippen LogP contribution in [-0.4, -0.2) is 27.6 Å². The number of pyridine rings is 2. The summed E-state index contributed by atoms with van der Waals surface area (Å²) in [4.78, 5) is 14.5. The Morgan fingerprint density at radius 1 is 0.839 bits per heavy atom. The van der Waals surface area contributed by atoms with Crippen molar-refractivity contribution in [3.05, 3.63) is 137 Å². The van der Waals surface area contributed by atoms with E-state index in [9.17, 15) is 0 Å². The molecule has 4 aromatic carbocycles. The molecule has 0 aliphatic rings. The van der Waals surface area contributed by atoms with Crippen molar-refractivity contribution in [1.82, 2.24) is 19.5 Å². The van der Waals surface area contributed by atoms with Crippen molar-refractivity contribution < 1.29 is 24.5 Å². The fourth-order valence-corrected chi connectivity index (χ4v) is 8.90. The van der Waals surface area contributed by atoms with Gasteiger partial charge in [0.1, 0.15) is 0 Å². The van der Waals surface area contributed by atoms with Gasteiger partial charge in [-0.05, 0) is 83.9 Å². The Balaban J connectivity index is 0.000000217. The minimum Gasteiger partial charge on any atom is -0.486 e. The number of hydrogen-bond donors (Lipinski definition) is 0. The van der Waals surface area contributed by atoms with E-state index in [2.05, 4.69) is 157 Å². The summed E-state index contributed by atoms with van der Waals surface area (Å²) in [6, 6.07) is 38.3. The molecule has 5 nitrogen and oxygen atoms in total. The first-order chi connectivity index (χ1) is 26.1. The van der Waals surface area contributed by atoms with E-state index in [4.69, 9.17) is 14.4 Å². The van der Waals surface area contributed by atoms with Gasteiger partial charge in [0.25, 0.3) is 0 Å². The Morgan fingerprint density at radius 3 is 2.21 bits per heavy atom. The van der Waals surface area contributed by atoms with Gasteiger partial charge in [0.15, 0.2) is 0 Å². The predicted molar refractivity (Wildman–Crippen MR) is 233 cm³/mol. The molecule has 8 aromatic rings. The zero-order chi connectivity index (χ0) is 39.2. The largest absolute Gasteiger partial charge is 0.486 e. The van der Waals surface area contributed by atoms with Gasteiger partial charge in [-0.2, -0.15) is 0 Å². The van der Waals surface area contributed by atoms with E-state index in [1.807, 2.05) is 37.3 Å². The molecule has 0 fully saturated rings.